The second kappa shape index (κ2) is 8.27. The Labute approximate surface area is 202 Å². The van der Waals surface area contributed by atoms with Crippen LogP contribution in [0, 0.1) is 0 Å². The third-order valence-corrected chi connectivity index (χ3v) is 8.32. The van der Waals surface area contributed by atoms with E-state index < -0.39 is 19.9 Å². The van der Waals surface area contributed by atoms with Gasteiger partial charge in [0.15, 0.2) is 13.9 Å². The number of hydrogen-bond acceptors (Lipinski definition) is 8. The first-order valence-corrected chi connectivity index (χ1v) is 14.8. The molecule has 0 aliphatic carbocycles. The maximum atomic E-state index is 13.5. The van der Waals surface area contributed by atoms with Crippen molar-refractivity contribution in [2.24, 2.45) is 0 Å². The lowest BCUT2D eigenvalue weighted by atomic mass is 9.86. The van der Waals surface area contributed by atoms with E-state index in [0.29, 0.717) is 29.6 Å². The minimum atomic E-state index is -2.26. The number of benzene rings is 1. The number of carbonyl (C=O) groups excluding carboxylic acids is 1. The van der Waals surface area contributed by atoms with Gasteiger partial charge in [-0.15, -0.1) is 0 Å². The molecule has 35 heavy (non-hydrogen) atoms. The molecule has 184 valence electrons. The molecule has 2 aliphatic heterocycles. The van der Waals surface area contributed by atoms with Crippen molar-refractivity contribution in [3.63, 3.8) is 0 Å². The van der Waals surface area contributed by atoms with Crippen LogP contribution in [0.2, 0.25) is 19.1 Å². The lowest BCUT2D eigenvalue weighted by molar-refractivity contribution is -0.172. The number of aliphatic hydroxyl groups is 1. The zero-order chi connectivity index (χ0) is 25.1. The van der Waals surface area contributed by atoms with Gasteiger partial charge in [-0.1, -0.05) is 6.92 Å². The highest BCUT2D eigenvalue weighted by atomic mass is 28.4. The minimum Gasteiger partial charge on any atom is -0.508 e. The van der Waals surface area contributed by atoms with Gasteiger partial charge in [-0.2, -0.15) is 0 Å². The standard InChI is InChI=1S/C25H28N2O7Si/c1-4-25(31)19-10-21-22-16(11-27(21)23(29)18(19)13-34-24(25)30)17(12-33-7-8-35(2,3)32)15-9-14(28)5-6-20(15)26-22/h5-6,9-10,28,31-32H,4,7-8,11-13H2,1-3H3/t25-/m0/s1. The zero-order valence-electron chi connectivity index (χ0n) is 19.9. The van der Waals surface area contributed by atoms with Crippen molar-refractivity contribution in [1.29, 1.82) is 0 Å². The number of cyclic esters (lactones) is 1. The minimum absolute atomic E-state index is 0.0720. The number of carbonyl (C=O) groups is 1. The van der Waals surface area contributed by atoms with Gasteiger partial charge in [0, 0.05) is 23.1 Å². The molecule has 3 aromatic rings. The maximum absolute atomic E-state index is 13.5. The van der Waals surface area contributed by atoms with E-state index >= 15 is 0 Å². The van der Waals surface area contributed by atoms with Gasteiger partial charge in [-0.05, 0) is 55.4 Å². The summed E-state index contributed by atoms with van der Waals surface area (Å²) >= 11 is 0. The van der Waals surface area contributed by atoms with Gasteiger partial charge in [-0.25, -0.2) is 9.78 Å². The normalized spacial score (nSPS) is 18.8. The first-order chi connectivity index (χ1) is 16.5. The summed E-state index contributed by atoms with van der Waals surface area (Å²) in [7, 11) is -2.26. The van der Waals surface area contributed by atoms with Gasteiger partial charge in [0.2, 0.25) is 0 Å². The molecule has 0 amide bonds. The molecule has 0 spiro atoms. The Morgan fingerprint density at radius 2 is 2.00 bits per heavy atom. The number of hydrogen-bond donors (Lipinski definition) is 3. The molecule has 0 unspecified atom stereocenters. The molecule has 1 atom stereocenters. The van der Waals surface area contributed by atoms with Crippen molar-refractivity contribution in [3.05, 3.63) is 56.9 Å². The lowest BCUT2D eigenvalue weighted by Crippen LogP contribution is -2.44. The van der Waals surface area contributed by atoms with Crippen molar-refractivity contribution in [2.45, 2.75) is 57.8 Å². The average molecular weight is 497 g/mol. The predicted molar refractivity (Wildman–Crippen MR) is 130 cm³/mol. The van der Waals surface area contributed by atoms with Crippen LogP contribution in [0.4, 0.5) is 0 Å². The second-order valence-electron chi connectivity index (χ2n) is 9.84. The Morgan fingerprint density at radius 1 is 1.23 bits per heavy atom. The van der Waals surface area contributed by atoms with E-state index in [1.165, 1.54) is 0 Å². The van der Waals surface area contributed by atoms with Crippen LogP contribution in [0.15, 0.2) is 29.1 Å². The quantitative estimate of drug-likeness (QED) is 0.211. The van der Waals surface area contributed by atoms with Crippen molar-refractivity contribution < 1.29 is 29.3 Å². The van der Waals surface area contributed by atoms with Crippen LogP contribution in [0.3, 0.4) is 0 Å². The zero-order valence-corrected chi connectivity index (χ0v) is 20.9. The van der Waals surface area contributed by atoms with E-state index in [4.69, 9.17) is 14.5 Å². The second-order valence-corrected chi connectivity index (χ2v) is 14.0. The molecule has 2 aromatic heterocycles. The highest BCUT2D eigenvalue weighted by Crippen LogP contribution is 2.40. The molecular weight excluding hydrogens is 468 g/mol. The van der Waals surface area contributed by atoms with Gasteiger partial charge in [0.05, 0.1) is 35.6 Å². The number of ether oxygens (including phenoxy) is 2. The fourth-order valence-electron chi connectivity index (χ4n) is 4.81. The monoisotopic (exact) mass is 496 g/mol. The molecule has 5 rings (SSSR count). The van der Waals surface area contributed by atoms with Crippen LogP contribution in [0.5, 0.6) is 5.75 Å². The summed E-state index contributed by atoms with van der Waals surface area (Å²) in [6.45, 7) is 6.03. The smallest absolute Gasteiger partial charge is 0.343 e. The number of fused-ring (bicyclic) bond motifs is 5. The van der Waals surface area contributed by atoms with Gasteiger partial charge < -0.3 is 29.0 Å². The van der Waals surface area contributed by atoms with Crippen LogP contribution in [-0.4, -0.2) is 45.5 Å². The number of esters is 1. The van der Waals surface area contributed by atoms with Crippen LogP contribution in [0.1, 0.15) is 35.6 Å². The van der Waals surface area contributed by atoms with E-state index in [1.54, 1.807) is 35.8 Å². The molecule has 3 N–H and O–H groups in total. The summed E-state index contributed by atoms with van der Waals surface area (Å²) in [5.41, 5.74) is 1.62. The number of phenols is 1. The number of nitrogens with zero attached hydrogens (tertiary/aromatic N) is 2. The van der Waals surface area contributed by atoms with Crippen molar-refractivity contribution >= 4 is 25.2 Å². The van der Waals surface area contributed by atoms with Crippen molar-refractivity contribution in [1.82, 2.24) is 9.55 Å². The predicted octanol–water partition coefficient (Wildman–Crippen LogP) is 2.50. The highest BCUT2D eigenvalue weighted by Gasteiger charge is 2.45. The summed E-state index contributed by atoms with van der Waals surface area (Å²) in [5, 5.41) is 21.9. The summed E-state index contributed by atoms with van der Waals surface area (Å²) in [4.78, 5) is 40.8. The third-order valence-electron chi connectivity index (χ3n) is 6.89. The first kappa shape index (κ1) is 23.7. The summed E-state index contributed by atoms with van der Waals surface area (Å²) < 4.78 is 12.7. The topological polar surface area (TPSA) is 131 Å². The third kappa shape index (κ3) is 3.86. The summed E-state index contributed by atoms with van der Waals surface area (Å²) in [5.74, 6) is -0.669. The molecule has 0 saturated carbocycles. The molecule has 0 bridgehead atoms. The molecule has 10 heteroatoms. The molecule has 9 nitrogen and oxygen atoms in total. The average Bonchev–Trinajstić information content (AvgIpc) is 3.17. The number of aromatic hydroxyl groups is 1. The number of pyridine rings is 2. The molecular formula is C25H28N2O7Si. The van der Waals surface area contributed by atoms with E-state index in [0.717, 1.165) is 16.5 Å². The molecule has 2 aliphatic rings. The van der Waals surface area contributed by atoms with E-state index in [-0.39, 0.29) is 48.6 Å². The molecule has 0 fully saturated rings. The fourth-order valence-corrected chi connectivity index (χ4v) is 5.45. The summed E-state index contributed by atoms with van der Waals surface area (Å²) in [6.07, 6.45) is 0.0720. The van der Waals surface area contributed by atoms with E-state index in [1.807, 2.05) is 13.1 Å². The van der Waals surface area contributed by atoms with Gasteiger partial charge in [0.1, 0.15) is 12.4 Å². The Hall–Kier alpha value is -3.05. The van der Waals surface area contributed by atoms with E-state index in [9.17, 15) is 24.6 Å². The first-order valence-electron chi connectivity index (χ1n) is 11.7. The largest absolute Gasteiger partial charge is 0.508 e. The van der Waals surface area contributed by atoms with Gasteiger partial charge in [-0.3, -0.25) is 4.79 Å². The van der Waals surface area contributed by atoms with Gasteiger partial charge >= 0.3 is 5.97 Å². The SMILES string of the molecule is CC[C@@]1(O)C(=O)OCc2c1cc1n(c2=O)Cc2c-1nc1ccc(O)cc1c2COCC[Si](C)(C)O. The van der Waals surface area contributed by atoms with Crippen LogP contribution < -0.4 is 5.56 Å². The molecule has 0 saturated heterocycles. The van der Waals surface area contributed by atoms with Crippen LogP contribution in [0.25, 0.3) is 22.3 Å². The number of phenolic OH excluding ortho intramolecular Hbond substituents is 1. The van der Waals surface area contributed by atoms with E-state index in [2.05, 4.69) is 0 Å². The van der Waals surface area contributed by atoms with Crippen LogP contribution in [-0.2, 0) is 39.6 Å². The Morgan fingerprint density at radius 3 is 2.71 bits per heavy atom. The fraction of sp³-hybridized carbons (Fsp3) is 0.400. The highest BCUT2D eigenvalue weighted by molar-refractivity contribution is 6.69. The summed E-state index contributed by atoms with van der Waals surface area (Å²) in [6, 6.07) is 7.14. The van der Waals surface area contributed by atoms with Gasteiger partial charge in [0.25, 0.3) is 5.56 Å². The molecule has 1 aromatic carbocycles. The Kier molecular flexibility index (Phi) is 5.59. The lowest BCUT2D eigenvalue weighted by Gasteiger charge is -2.31. The Bertz CT molecular complexity index is 1430. The maximum Gasteiger partial charge on any atom is 0.343 e. The van der Waals surface area contributed by atoms with Crippen molar-refractivity contribution in [3.8, 4) is 17.1 Å². The van der Waals surface area contributed by atoms with Crippen molar-refractivity contribution in [2.75, 3.05) is 6.61 Å². The van der Waals surface area contributed by atoms with Crippen LogP contribution >= 0.6 is 0 Å². The Balaban J connectivity index is 1.66. The number of rotatable bonds is 6. The molecule has 0 radical (unpaired) electrons. The molecule has 4 heterocycles. The number of aromatic nitrogens is 2.